The number of alkyl halides is 2. The van der Waals surface area contributed by atoms with Crippen molar-refractivity contribution >= 4 is 35.3 Å². The summed E-state index contributed by atoms with van der Waals surface area (Å²) in [6.45, 7) is 1.95. The number of rotatable bonds is 5. The smallest absolute Gasteiger partial charge is 0.337 e. The number of nitrogens with one attached hydrogen (secondary N) is 1. The molecular weight excluding hydrogens is 474 g/mol. The molecule has 0 radical (unpaired) electrons. The van der Waals surface area contributed by atoms with Crippen molar-refractivity contribution in [1.29, 1.82) is 5.26 Å². The number of amides is 4. The van der Waals surface area contributed by atoms with E-state index in [1.54, 1.807) is 18.2 Å². The standard InChI is InChI=1S/C25H22F2N4O3S/c1-3-35-20-11-14(13-28)7-8-17(20)22-21-18(9-10-19(21)32)30(25(34)31(22)24(33)29-2)16-6-4-5-15(12-16)23(26)27/h4-8,11-12,22-23H,3,9-10H2,1-2H3,(H,29,33)/p+1. The number of anilines is 1. The third-order valence-electron chi connectivity index (χ3n) is 5.99. The van der Waals surface area contributed by atoms with Gasteiger partial charge < -0.3 is 5.32 Å². The van der Waals surface area contributed by atoms with E-state index in [2.05, 4.69) is 11.4 Å². The number of carbonyl (C=O) groups is 3. The summed E-state index contributed by atoms with van der Waals surface area (Å²) < 4.78 is 26.8. The third-order valence-corrected chi connectivity index (χ3v) is 7.04. The van der Waals surface area contributed by atoms with Crippen LogP contribution in [0.25, 0.3) is 0 Å². The number of hydrogen-bond donors (Lipinski definition) is 1. The van der Waals surface area contributed by atoms with Crippen LogP contribution in [0.1, 0.15) is 48.9 Å². The number of imide groups is 1. The molecule has 0 fully saturated rings. The Balaban J connectivity index is 1.97. The van der Waals surface area contributed by atoms with Crippen molar-refractivity contribution in [2.45, 2.75) is 37.1 Å². The average molecular weight is 498 g/mol. The largest absolute Gasteiger partial charge is 0.341 e. The van der Waals surface area contributed by atoms with Gasteiger partial charge in [0, 0.05) is 53.7 Å². The molecule has 35 heavy (non-hydrogen) atoms. The minimum atomic E-state index is -2.74. The van der Waals surface area contributed by atoms with E-state index >= 15 is 0 Å². The first-order chi connectivity index (χ1) is 16.8. The number of thiol groups is 1. The zero-order chi connectivity index (χ0) is 25.3. The van der Waals surface area contributed by atoms with Gasteiger partial charge in [0.15, 0.2) is 10.7 Å². The van der Waals surface area contributed by atoms with Crippen molar-refractivity contribution in [3.63, 3.8) is 0 Å². The van der Waals surface area contributed by atoms with E-state index in [1.807, 2.05) is 6.92 Å². The molecular formula is C25H23F2N4O3S+. The van der Waals surface area contributed by atoms with Crippen LogP contribution in [0.3, 0.4) is 0 Å². The van der Waals surface area contributed by atoms with Gasteiger partial charge in [0.05, 0.1) is 17.3 Å². The van der Waals surface area contributed by atoms with Crippen molar-refractivity contribution in [2.75, 3.05) is 17.7 Å². The lowest BCUT2D eigenvalue weighted by atomic mass is 9.92. The van der Waals surface area contributed by atoms with E-state index in [1.165, 1.54) is 36.2 Å². The highest BCUT2D eigenvalue weighted by atomic mass is 32.2. The van der Waals surface area contributed by atoms with Crippen molar-refractivity contribution in [3.05, 3.63) is 70.4 Å². The number of Topliss-reactive ketones (excluding diaryl/α,β-unsaturated/α-hetero) is 1. The number of nitrogens with zero attached hydrogens (tertiary/aromatic N) is 3. The Kier molecular flexibility index (Phi) is 6.89. The van der Waals surface area contributed by atoms with Crippen LogP contribution in [0.4, 0.5) is 24.1 Å². The van der Waals surface area contributed by atoms with E-state index in [0.29, 0.717) is 16.8 Å². The fourth-order valence-electron chi connectivity index (χ4n) is 4.50. The molecule has 1 atom stereocenters. The van der Waals surface area contributed by atoms with Gasteiger partial charge in [-0.3, -0.25) is 9.69 Å². The van der Waals surface area contributed by atoms with E-state index in [0.717, 1.165) is 27.3 Å². The van der Waals surface area contributed by atoms with Crippen LogP contribution in [-0.2, 0) is 16.6 Å². The molecule has 1 unspecified atom stereocenters. The van der Waals surface area contributed by atoms with Crippen LogP contribution < -0.4 is 10.2 Å². The molecule has 0 spiro atoms. The Labute approximate surface area is 205 Å². The maximum atomic E-state index is 13.8. The molecule has 1 aliphatic carbocycles. The SMILES string of the molecule is CC[SH+]c1cc(C#N)ccc1C1C2=C(CCC2=O)N(c2cccc(C(F)F)c2)C(=O)N1C(=O)NC. The molecule has 0 saturated heterocycles. The molecule has 0 aromatic heterocycles. The van der Waals surface area contributed by atoms with E-state index in [-0.39, 0.29) is 35.4 Å². The van der Waals surface area contributed by atoms with Gasteiger partial charge in [-0.2, -0.15) is 5.26 Å². The summed E-state index contributed by atoms with van der Waals surface area (Å²) in [7, 11) is 1.37. The van der Waals surface area contributed by atoms with E-state index in [9.17, 15) is 28.4 Å². The maximum absolute atomic E-state index is 13.8. The van der Waals surface area contributed by atoms with Crippen LogP contribution in [0.15, 0.2) is 58.6 Å². The molecule has 7 nitrogen and oxygen atoms in total. The van der Waals surface area contributed by atoms with Gasteiger partial charge in [-0.05, 0) is 31.5 Å². The lowest BCUT2D eigenvalue weighted by Crippen LogP contribution is -2.55. The molecule has 2 aromatic carbocycles. The summed E-state index contributed by atoms with van der Waals surface area (Å²) in [5.41, 5.74) is 1.58. The van der Waals surface area contributed by atoms with Gasteiger partial charge in [0.25, 0.3) is 6.43 Å². The molecule has 4 amide bonds. The van der Waals surface area contributed by atoms with Gasteiger partial charge in [0.2, 0.25) is 0 Å². The molecule has 1 N–H and O–H groups in total. The maximum Gasteiger partial charge on any atom is 0.337 e. The number of hydrogen-bond acceptors (Lipinski definition) is 4. The van der Waals surface area contributed by atoms with Gasteiger partial charge >= 0.3 is 12.1 Å². The van der Waals surface area contributed by atoms with Crippen molar-refractivity contribution in [1.82, 2.24) is 10.2 Å². The highest BCUT2D eigenvalue weighted by Crippen LogP contribution is 2.46. The molecule has 2 aliphatic rings. The highest BCUT2D eigenvalue weighted by molar-refractivity contribution is 7.78. The fourth-order valence-corrected chi connectivity index (χ4v) is 5.45. The Morgan fingerprint density at radius 2 is 2.00 bits per heavy atom. The second kappa shape index (κ2) is 9.88. The van der Waals surface area contributed by atoms with Crippen molar-refractivity contribution < 1.29 is 23.2 Å². The van der Waals surface area contributed by atoms with Crippen molar-refractivity contribution in [2.24, 2.45) is 0 Å². The van der Waals surface area contributed by atoms with Gasteiger partial charge in [-0.1, -0.05) is 18.2 Å². The van der Waals surface area contributed by atoms with Crippen LogP contribution in [0.5, 0.6) is 0 Å². The normalized spacial score (nSPS) is 17.7. The topological polar surface area (TPSA) is 93.5 Å². The minimum absolute atomic E-state index is 0.137. The Bertz CT molecular complexity index is 1290. The molecule has 10 heteroatoms. The van der Waals surface area contributed by atoms with Crippen LogP contribution in [0.2, 0.25) is 0 Å². The van der Waals surface area contributed by atoms with Crippen LogP contribution in [0, 0.1) is 11.3 Å². The summed E-state index contributed by atoms with van der Waals surface area (Å²) in [5.74, 6) is 0.499. The van der Waals surface area contributed by atoms with Crippen molar-refractivity contribution in [3.8, 4) is 6.07 Å². The third kappa shape index (κ3) is 4.28. The Morgan fingerprint density at radius 3 is 2.66 bits per heavy atom. The van der Waals surface area contributed by atoms with E-state index < -0.39 is 24.5 Å². The molecule has 2 aromatic rings. The molecule has 0 saturated carbocycles. The van der Waals surface area contributed by atoms with Crippen LogP contribution >= 0.6 is 0 Å². The number of nitriles is 1. The zero-order valence-corrected chi connectivity index (χ0v) is 20.0. The monoisotopic (exact) mass is 497 g/mol. The lowest BCUT2D eigenvalue weighted by molar-refractivity contribution is -0.115. The van der Waals surface area contributed by atoms with Gasteiger partial charge in [0.1, 0.15) is 11.8 Å². The van der Waals surface area contributed by atoms with Gasteiger partial charge in [-0.15, -0.1) is 0 Å². The van der Waals surface area contributed by atoms with E-state index in [4.69, 9.17) is 0 Å². The molecule has 180 valence electrons. The number of urea groups is 2. The first kappa shape index (κ1) is 24.4. The fraction of sp³-hybridized carbons (Fsp3) is 0.280. The van der Waals surface area contributed by atoms with Crippen LogP contribution in [-0.4, -0.2) is 35.5 Å². The Morgan fingerprint density at radius 1 is 1.23 bits per heavy atom. The van der Waals surface area contributed by atoms with Gasteiger partial charge in [-0.25, -0.2) is 23.3 Å². The molecule has 1 aliphatic heterocycles. The average Bonchev–Trinajstić information content (AvgIpc) is 3.23. The summed E-state index contributed by atoms with van der Waals surface area (Å²) >= 11 is 0.863. The summed E-state index contributed by atoms with van der Waals surface area (Å²) in [4.78, 5) is 43.0. The predicted molar refractivity (Wildman–Crippen MR) is 128 cm³/mol. The number of benzene rings is 2. The molecule has 0 bridgehead atoms. The second-order valence-corrected chi connectivity index (χ2v) is 9.42. The summed E-state index contributed by atoms with van der Waals surface area (Å²) in [6.07, 6.45) is -2.36. The zero-order valence-electron chi connectivity index (χ0n) is 19.1. The minimum Gasteiger partial charge on any atom is -0.341 e. The highest BCUT2D eigenvalue weighted by Gasteiger charge is 2.49. The molecule has 4 rings (SSSR count). The first-order valence-corrected chi connectivity index (χ1v) is 12.1. The predicted octanol–water partition coefficient (Wildman–Crippen LogP) is 4.63. The second-order valence-electron chi connectivity index (χ2n) is 7.98. The lowest BCUT2D eigenvalue weighted by Gasteiger charge is -2.40. The first-order valence-electron chi connectivity index (χ1n) is 11.0. The number of ketones is 1. The number of carbonyl (C=O) groups excluding carboxylic acids is 3. The Hall–Kier alpha value is -3.71. The number of allylic oxidation sites excluding steroid dienone is 1. The summed E-state index contributed by atoms with van der Waals surface area (Å²) in [6, 6.07) is 9.96. The summed E-state index contributed by atoms with van der Waals surface area (Å²) in [5, 5.41) is 11.8. The number of halogens is 2. The quantitative estimate of drug-likeness (QED) is 0.482. The molecule has 1 heterocycles.